The zero-order valence-corrected chi connectivity index (χ0v) is 13.0. The number of esters is 1. The minimum Gasteiger partial charge on any atom is -0.465 e. The van der Waals surface area contributed by atoms with Crippen LogP contribution in [0.4, 0.5) is 0 Å². The molecule has 1 N–H and O–H groups in total. The van der Waals surface area contributed by atoms with Gasteiger partial charge in [0.05, 0.1) is 6.61 Å². The van der Waals surface area contributed by atoms with E-state index in [-0.39, 0.29) is 12.5 Å². The first kappa shape index (κ1) is 17.0. The maximum Gasteiger partial charge on any atom is 0.327 e. The van der Waals surface area contributed by atoms with Gasteiger partial charge in [-0.05, 0) is 49.9 Å². The van der Waals surface area contributed by atoms with E-state index in [1.54, 1.807) is 6.92 Å². The summed E-state index contributed by atoms with van der Waals surface area (Å²) in [6, 6.07) is 3.55. The Morgan fingerprint density at radius 1 is 1.38 bits per heavy atom. The fourth-order valence-electron chi connectivity index (χ4n) is 2.48. The molecule has 0 aliphatic carbocycles. The van der Waals surface area contributed by atoms with Crippen LogP contribution in [0.3, 0.4) is 0 Å². The average Bonchev–Trinajstić information content (AvgIpc) is 2.40. The van der Waals surface area contributed by atoms with Crippen LogP contribution in [0, 0.1) is 20.8 Å². The van der Waals surface area contributed by atoms with Gasteiger partial charge in [-0.1, -0.05) is 22.8 Å². The summed E-state index contributed by atoms with van der Waals surface area (Å²) in [5.74, 6) is -0.312. The molecule has 1 aromatic carbocycles. The fourth-order valence-corrected chi connectivity index (χ4v) is 2.48. The van der Waals surface area contributed by atoms with Crippen LogP contribution < -0.4 is 5.32 Å². The van der Waals surface area contributed by atoms with Gasteiger partial charge in [0, 0.05) is 18.0 Å². The first-order valence-electron chi connectivity index (χ1n) is 6.99. The molecule has 0 spiro atoms. The predicted octanol–water partition coefficient (Wildman–Crippen LogP) is 3.12. The van der Waals surface area contributed by atoms with Crippen LogP contribution in [-0.2, 0) is 9.53 Å². The molecular weight excluding hydrogens is 268 g/mol. The van der Waals surface area contributed by atoms with Gasteiger partial charge in [0.15, 0.2) is 0 Å². The van der Waals surface area contributed by atoms with E-state index >= 15 is 0 Å². The molecule has 0 amide bonds. The van der Waals surface area contributed by atoms with Gasteiger partial charge in [-0.3, -0.25) is 0 Å². The molecule has 0 heterocycles. The van der Waals surface area contributed by atoms with Gasteiger partial charge in [-0.25, -0.2) is 4.79 Å². The van der Waals surface area contributed by atoms with Crippen molar-refractivity contribution in [2.75, 3.05) is 19.7 Å². The monoisotopic (exact) mass is 290 g/mol. The van der Waals surface area contributed by atoms with Gasteiger partial charge in [0.1, 0.15) is 6.04 Å². The van der Waals surface area contributed by atoms with Crippen LogP contribution in [0.15, 0.2) is 17.2 Å². The number of carbonyl (C=O) groups excluding carboxylic acids is 1. The molecule has 6 nitrogen and oxygen atoms in total. The molecule has 1 atom stereocenters. The summed E-state index contributed by atoms with van der Waals surface area (Å²) < 4.78 is 5.15. The number of carbonyl (C=O) groups is 1. The molecule has 0 aliphatic rings. The molecule has 1 unspecified atom stereocenters. The molecule has 0 bridgehead atoms. The topological polar surface area (TPSA) is 87.1 Å². The number of hydrogen-bond acceptors (Lipinski definition) is 4. The smallest absolute Gasteiger partial charge is 0.327 e. The Morgan fingerprint density at radius 2 is 2.00 bits per heavy atom. The zero-order valence-electron chi connectivity index (χ0n) is 13.0. The second kappa shape index (κ2) is 8.29. The minimum absolute atomic E-state index is 0.288. The standard InChI is InChI=1S/C15H22N4O2/c1-5-21-15(20)14(17-6-7-18-19-16)13-11(3)8-10(2)9-12(13)4/h8-9,14,17H,5-7H2,1-4H3. The minimum atomic E-state index is -0.542. The van der Waals surface area contributed by atoms with E-state index < -0.39 is 6.04 Å². The highest BCUT2D eigenvalue weighted by Crippen LogP contribution is 2.24. The molecule has 114 valence electrons. The molecule has 1 aromatic rings. The van der Waals surface area contributed by atoms with Crippen LogP contribution in [0.5, 0.6) is 0 Å². The number of hydrogen-bond donors (Lipinski definition) is 1. The molecule has 0 aliphatic heterocycles. The Hall–Kier alpha value is -2.04. The average molecular weight is 290 g/mol. The summed E-state index contributed by atoms with van der Waals surface area (Å²) in [4.78, 5) is 14.9. The molecular formula is C15H22N4O2. The highest BCUT2D eigenvalue weighted by molar-refractivity contribution is 5.78. The summed E-state index contributed by atoms with van der Waals surface area (Å²) in [7, 11) is 0. The summed E-state index contributed by atoms with van der Waals surface area (Å²) in [5.41, 5.74) is 12.5. The van der Waals surface area contributed by atoms with Gasteiger partial charge >= 0.3 is 5.97 Å². The van der Waals surface area contributed by atoms with Crippen LogP contribution in [0.2, 0.25) is 0 Å². The van der Waals surface area contributed by atoms with Crippen molar-refractivity contribution in [1.29, 1.82) is 0 Å². The van der Waals surface area contributed by atoms with E-state index in [2.05, 4.69) is 15.3 Å². The zero-order chi connectivity index (χ0) is 15.8. The second-order valence-corrected chi connectivity index (χ2v) is 4.91. The van der Waals surface area contributed by atoms with Crippen molar-refractivity contribution < 1.29 is 9.53 Å². The number of nitrogens with one attached hydrogen (secondary N) is 1. The lowest BCUT2D eigenvalue weighted by Gasteiger charge is -2.21. The van der Waals surface area contributed by atoms with Gasteiger partial charge in [-0.15, -0.1) is 0 Å². The molecule has 6 heteroatoms. The van der Waals surface area contributed by atoms with Gasteiger partial charge < -0.3 is 10.1 Å². The van der Waals surface area contributed by atoms with Gasteiger partial charge in [-0.2, -0.15) is 0 Å². The molecule has 0 saturated carbocycles. The summed E-state index contributed by atoms with van der Waals surface area (Å²) in [6.45, 7) is 8.81. The van der Waals surface area contributed by atoms with E-state index in [0.29, 0.717) is 13.2 Å². The number of nitrogens with zero attached hydrogens (tertiary/aromatic N) is 3. The Balaban J connectivity index is 3.05. The van der Waals surface area contributed by atoms with Crippen molar-refractivity contribution in [2.45, 2.75) is 33.7 Å². The highest BCUT2D eigenvalue weighted by Gasteiger charge is 2.24. The second-order valence-electron chi connectivity index (χ2n) is 4.91. The van der Waals surface area contributed by atoms with Crippen molar-refractivity contribution >= 4 is 5.97 Å². The van der Waals surface area contributed by atoms with Gasteiger partial charge in [0.25, 0.3) is 0 Å². The van der Waals surface area contributed by atoms with Crippen molar-refractivity contribution in [3.63, 3.8) is 0 Å². The predicted molar refractivity (Wildman–Crippen MR) is 82.0 cm³/mol. The Morgan fingerprint density at radius 3 is 2.52 bits per heavy atom. The first-order valence-corrected chi connectivity index (χ1v) is 6.99. The third-order valence-electron chi connectivity index (χ3n) is 3.17. The third kappa shape index (κ3) is 4.77. The maximum atomic E-state index is 12.2. The van der Waals surface area contributed by atoms with Crippen molar-refractivity contribution in [3.05, 3.63) is 44.8 Å². The Labute approximate surface area is 125 Å². The number of aryl methyl sites for hydroxylation is 3. The lowest BCUT2D eigenvalue weighted by molar-refractivity contribution is -0.145. The maximum absolute atomic E-state index is 12.2. The number of rotatable bonds is 7. The van der Waals surface area contributed by atoms with Crippen molar-refractivity contribution in [2.24, 2.45) is 5.11 Å². The largest absolute Gasteiger partial charge is 0.465 e. The fraction of sp³-hybridized carbons (Fsp3) is 0.533. The van der Waals surface area contributed by atoms with Crippen LogP contribution >= 0.6 is 0 Å². The third-order valence-corrected chi connectivity index (χ3v) is 3.17. The van der Waals surface area contributed by atoms with E-state index in [4.69, 9.17) is 10.3 Å². The van der Waals surface area contributed by atoms with E-state index in [9.17, 15) is 4.79 Å². The molecule has 0 aromatic heterocycles. The quantitative estimate of drug-likeness (QED) is 0.275. The lowest BCUT2D eigenvalue weighted by atomic mass is 9.94. The first-order chi connectivity index (χ1) is 10.0. The number of ether oxygens (including phenoxy) is 1. The van der Waals surface area contributed by atoms with E-state index in [0.717, 1.165) is 22.3 Å². The summed E-state index contributed by atoms with van der Waals surface area (Å²) in [5, 5.41) is 6.58. The van der Waals surface area contributed by atoms with Crippen molar-refractivity contribution in [1.82, 2.24) is 5.32 Å². The molecule has 0 radical (unpaired) electrons. The lowest BCUT2D eigenvalue weighted by Crippen LogP contribution is -2.33. The van der Waals surface area contributed by atoms with Crippen LogP contribution in [0.25, 0.3) is 10.4 Å². The molecule has 1 rings (SSSR count). The molecule has 21 heavy (non-hydrogen) atoms. The van der Waals surface area contributed by atoms with Crippen LogP contribution in [0.1, 0.15) is 35.2 Å². The summed E-state index contributed by atoms with van der Waals surface area (Å²) in [6.07, 6.45) is 0. The highest BCUT2D eigenvalue weighted by atomic mass is 16.5. The number of benzene rings is 1. The van der Waals surface area contributed by atoms with E-state index in [1.807, 2.05) is 32.9 Å². The van der Waals surface area contributed by atoms with Crippen molar-refractivity contribution in [3.8, 4) is 0 Å². The van der Waals surface area contributed by atoms with E-state index in [1.165, 1.54) is 0 Å². The molecule has 0 saturated heterocycles. The Bertz CT molecular complexity index is 528. The summed E-state index contributed by atoms with van der Waals surface area (Å²) >= 11 is 0. The normalized spacial score (nSPS) is 11.6. The number of azide groups is 1. The molecule has 0 fully saturated rings. The Kier molecular flexibility index (Phi) is 6.72. The van der Waals surface area contributed by atoms with Crippen LogP contribution in [-0.4, -0.2) is 25.7 Å². The van der Waals surface area contributed by atoms with Gasteiger partial charge in [0.2, 0.25) is 0 Å². The SMILES string of the molecule is CCOC(=O)C(NCCN=[N+]=[N-])c1c(C)cc(C)cc1C.